The van der Waals surface area contributed by atoms with E-state index in [0.29, 0.717) is 5.82 Å². The van der Waals surface area contributed by atoms with Crippen LogP contribution in [-0.4, -0.2) is 15.0 Å². The summed E-state index contributed by atoms with van der Waals surface area (Å²) in [5, 5.41) is 3.52. The van der Waals surface area contributed by atoms with E-state index >= 15 is 0 Å². The lowest BCUT2D eigenvalue weighted by atomic mass is 9.93. The molecule has 0 aliphatic heterocycles. The number of hydrogen-bond donors (Lipinski definition) is 0. The smallest absolute Gasteiger partial charge is 0.160 e. The van der Waals surface area contributed by atoms with Gasteiger partial charge in [0.1, 0.15) is 0 Å². The molecule has 9 aromatic carbocycles. The van der Waals surface area contributed by atoms with Crippen molar-refractivity contribution < 1.29 is 0 Å². The van der Waals surface area contributed by atoms with Gasteiger partial charge in [0, 0.05) is 27.6 Å². The van der Waals surface area contributed by atoms with Crippen LogP contribution in [0.3, 0.4) is 0 Å². The molecule has 3 nitrogen and oxygen atoms in total. The molecule has 11 rings (SSSR count). The third kappa shape index (κ3) is 7.23. The molecule has 0 spiro atoms. The van der Waals surface area contributed by atoms with Crippen molar-refractivity contribution in [1.29, 1.82) is 0 Å². The van der Waals surface area contributed by atoms with Crippen LogP contribution in [0.5, 0.6) is 0 Å². The van der Waals surface area contributed by atoms with E-state index < -0.39 is 0 Å². The Kier molecular flexibility index (Phi) is 9.53. The second-order valence-electron chi connectivity index (χ2n) is 15.6. The van der Waals surface area contributed by atoms with E-state index in [-0.39, 0.29) is 0 Å². The van der Waals surface area contributed by atoms with E-state index in [1.165, 1.54) is 38.6 Å². The molecule has 2 aromatic heterocycles. The lowest BCUT2D eigenvalue weighted by molar-refractivity contribution is 1.18. The Morgan fingerprint density at radius 1 is 0.242 bits per heavy atom. The highest BCUT2D eigenvalue weighted by Crippen LogP contribution is 2.38. The van der Waals surface area contributed by atoms with Gasteiger partial charge in [-0.3, -0.25) is 0 Å². The summed E-state index contributed by atoms with van der Waals surface area (Å²) in [6, 6.07) is 83.4. The molecule has 0 radical (unpaired) electrons. The normalized spacial score (nSPS) is 11.2. The Bertz CT molecular complexity index is 3230. The third-order valence-electron chi connectivity index (χ3n) is 11.7. The average Bonchev–Trinajstić information content (AvgIpc) is 3.37. The van der Waals surface area contributed by atoms with Crippen molar-refractivity contribution in [3.8, 4) is 89.7 Å². The number of benzene rings is 9. The first-order chi connectivity index (χ1) is 30.7. The fourth-order valence-electron chi connectivity index (χ4n) is 8.46. The molecule has 3 heteroatoms. The topological polar surface area (TPSA) is 38.7 Å². The van der Waals surface area contributed by atoms with E-state index in [2.05, 4.69) is 218 Å². The van der Waals surface area contributed by atoms with Crippen LogP contribution in [0.1, 0.15) is 0 Å². The van der Waals surface area contributed by atoms with Crippen LogP contribution in [0.15, 0.2) is 237 Å². The van der Waals surface area contributed by atoms with E-state index in [0.717, 1.165) is 66.9 Å². The number of aromatic nitrogens is 3. The molecule has 290 valence electrons. The first kappa shape index (κ1) is 36.8. The predicted molar refractivity (Wildman–Crippen MR) is 258 cm³/mol. The van der Waals surface area contributed by atoms with Gasteiger partial charge in [-0.2, -0.15) is 0 Å². The van der Waals surface area contributed by atoms with Crippen LogP contribution in [0, 0.1) is 0 Å². The van der Waals surface area contributed by atoms with Crippen LogP contribution >= 0.6 is 0 Å². The number of pyridine rings is 1. The SMILES string of the molecule is c1ccc(-c2ccc(-c3cc(-c4ccc(-c5ccc6c(ccc7nc(-c8ccccc8)cc(-c8ccccc8)c76)c5)cc4)nc(-c4ccc(-c5ccccc5)cc4)n3)cc2)cc1. The van der Waals surface area contributed by atoms with E-state index in [1.807, 2.05) is 18.2 Å². The van der Waals surface area contributed by atoms with Gasteiger partial charge in [0.05, 0.1) is 22.6 Å². The number of nitrogens with zero attached hydrogens (tertiary/aromatic N) is 3. The summed E-state index contributed by atoms with van der Waals surface area (Å²) in [5.74, 6) is 0.690. The maximum absolute atomic E-state index is 5.18. The van der Waals surface area contributed by atoms with Crippen molar-refractivity contribution in [3.05, 3.63) is 237 Å². The molecule has 0 saturated carbocycles. The van der Waals surface area contributed by atoms with Gasteiger partial charge in [-0.25, -0.2) is 15.0 Å². The Labute approximate surface area is 361 Å². The van der Waals surface area contributed by atoms with Crippen molar-refractivity contribution in [1.82, 2.24) is 15.0 Å². The van der Waals surface area contributed by atoms with Crippen LogP contribution in [0.4, 0.5) is 0 Å². The van der Waals surface area contributed by atoms with Gasteiger partial charge in [0.15, 0.2) is 5.82 Å². The monoisotopic (exact) mass is 789 g/mol. The van der Waals surface area contributed by atoms with Crippen LogP contribution in [-0.2, 0) is 0 Å². The third-order valence-corrected chi connectivity index (χ3v) is 11.7. The van der Waals surface area contributed by atoms with Crippen molar-refractivity contribution in [2.45, 2.75) is 0 Å². The lowest BCUT2D eigenvalue weighted by Crippen LogP contribution is -1.96. The molecule has 0 amide bonds. The Hall–Kier alpha value is -8.27. The number of rotatable bonds is 8. The molecule has 0 saturated heterocycles. The molecule has 0 bridgehead atoms. The molecule has 2 heterocycles. The Morgan fingerprint density at radius 3 is 1.16 bits per heavy atom. The van der Waals surface area contributed by atoms with E-state index in [1.54, 1.807) is 0 Å². The van der Waals surface area contributed by atoms with Crippen LogP contribution in [0.2, 0.25) is 0 Å². The Morgan fingerprint density at radius 2 is 0.629 bits per heavy atom. The highest BCUT2D eigenvalue weighted by atomic mass is 14.9. The maximum atomic E-state index is 5.18. The summed E-state index contributed by atoms with van der Waals surface area (Å²) in [6.07, 6.45) is 0. The van der Waals surface area contributed by atoms with Crippen LogP contribution in [0.25, 0.3) is 111 Å². The summed E-state index contributed by atoms with van der Waals surface area (Å²) in [5.41, 5.74) is 17.2. The molecule has 0 N–H and O–H groups in total. The largest absolute Gasteiger partial charge is 0.248 e. The second-order valence-corrected chi connectivity index (χ2v) is 15.6. The summed E-state index contributed by atoms with van der Waals surface area (Å²) >= 11 is 0. The van der Waals surface area contributed by atoms with Crippen molar-refractivity contribution in [3.63, 3.8) is 0 Å². The highest BCUT2D eigenvalue weighted by molar-refractivity contribution is 6.14. The minimum absolute atomic E-state index is 0.690. The summed E-state index contributed by atoms with van der Waals surface area (Å²) in [4.78, 5) is 15.5. The molecular formula is C59H39N3. The lowest BCUT2D eigenvalue weighted by Gasteiger charge is -2.14. The molecule has 0 fully saturated rings. The predicted octanol–water partition coefficient (Wildman–Crippen LogP) is 15.5. The first-order valence-electron chi connectivity index (χ1n) is 21.0. The van der Waals surface area contributed by atoms with E-state index in [9.17, 15) is 0 Å². The van der Waals surface area contributed by atoms with Gasteiger partial charge in [-0.15, -0.1) is 0 Å². The molecule has 0 aliphatic carbocycles. The second kappa shape index (κ2) is 16.1. The fraction of sp³-hybridized carbons (Fsp3) is 0. The average molecular weight is 790 g/mol. The van der Waals surface area contributed by atoms with Gasteiger partial charge in [0.2, 0.25) is 0 Å². The molecule has 62 heavy (non-hydrogen) atoms. The quantitative estimate of drug-likeness (QED) is 0.144. The van der Waals surface area contributed by atoms with Crippen molar-refractivity contribution >= 4 is 21.7 Å². The standard InChI is InChI=1S/C59H39N3/c1-5-13-40(14-6-1)42-21-27-47(28-22-42)56-39-57(62-59(61-56)49-31-25-43(26-32-49)41-15-7-2-8-16-41)48-29-23-44(24-30-48)50-33-35-52-51(37-50)34-36-54-58(52)53(45-17-9-3-10-18-45)38-55(60-54)46-19-11-4-12-20-46/h1-39H. The van der Waals surface area contributed by atoms with Crippen molar-refractivity contribution in [2.75, 3.05) is 0 Å². The zero-order valence-corrected chi connectivity index (χ0v) is 33.9. The summed E-state index contributed by atoms with van der Waals surface area (Å²) in [6.45, 7) is 0. The summed E-state index contributed by atoms with van der Waals surface area (Å²) < 4.78 is 0. The fourth-order valence-corrected chi connectivity index (χ4v) is 8.46. The minimum atomic E-state index is 0.690. The zero-order chi connectivity index (χ0) is 41.2. The molecule has 0 aliphatic rings. The van der Waals surface area contributed by atoms with Crippen LogP contribution < -0.4 is 0 Å². The highest BCUT2D eigenvalue weighted by Gasteiger charge is 2.15. The number of hydrogen-bond acceptors (Lipinski definition) is 3. The summed E-state index contributed by atoms with van der Waals surface area (Å²) in [7, 11) is 0. The van der Waals surface area contributed by atoms with E-state index in [4.69, 9.17) is 15.0 Å². The van der Waals surface area contributed by atoms with Gasteiger partial charge >= 0.3 is 0 Å². The first-order valence-corrected chi connectivity index (χ1v) is 21.0. The van der Waals surface area contributed by atoms with Crippen molar-refractivity contribution in [2.24, 2.45) is 0 Å². The maximum Gasteiger partial charge on any atom is 0.160 e. The van der Waals surface area contributed by atoms with Gasteiger partial charge in [0.25, 0.3) is 0 Å². The Balaban J connectivity index is 0.960. The number of fused-ring (bicyclic) bond motifs is 3. The van der Waals surface area contributed by atoms with Gasteiger partial charge < -0.3 is 0 Å². The zero-order valence-electron chi connectivity index (χ0n) is 33.9. The molecule has 0 unspecified atom stereocenters. The molecule has 0 atom stereocenters. The molecular weight excluding hydrogens is 751 g/mol. The minimum Gasteiger partial charge on any atom is -0.248 e. The molecule has 11 aromatic rings. The van der Waals surface area contributed by atoms with Gasteiger partial charge in [-0.05, 0) is 79.5 Å². The van der Waals surface area contributed by atoms with Gasteiger partial charge in [-0.1, -0.05) is 212 Å².